The summed E-state index contributed by atoms with van der Waals surface area (Å²) in [4.78, 5) is 19.4. The van der Waals surface area contributed by atoms with Gasteiger partial charge in [0.2, 0.25) is 5.91 Å². The number of aromatic nitrogens is 2. The number of fused-ring (bicyclic) bond motifs is 1. The van der Waals surface area contributed by atoms with Crippen LogP contribution in [0, 0.1) is 13.8 Å². The lowest BCUT2D eigenvalue weighted by atomic mass is 10.1. The smallest absolute Gasteiger partial charge is 0.222 e. The van der Waals surface area contributed by atoms with Crippen molar-refractivity contribution < 1.29 is 9.53 Å². The highest BCUT2D eigenvalue weighted by atomic mass is 16.5. The predicted molar refractivity (Wildman–Crippen MR) is 115 cm³/mol. The van der Waals surface area contributed by atoms with Crippen molar-refractivity contribution in [2.24, 2.45) is 0 Å². The van der Waals surface area contributed by atoms with Crippen LogP contribution in [-0.2, 0) is 11.3 Å². The second-order valence-electron chi connectivity index (χ2n) is 7.83. The molecular formula is C24H29N3O2. The third-order valence-corrected chi connectivity index (χ3v) is 5.77. The van der Waals surface area contributed by atoms with Gasteiger partial charge in [0.25, 0.3) is 0 Å². The monoisotopic (exact) mass is 391 g/mol. The molecule has 2 aromatic carbocycles. The fourth-order valence-electron chi connectivity index (χ4n) is 4.23. The average Bonchev–Trinajstić information content (AvgIpc) is 3.35. The minimum Gasteiger partial charge on any atom is -0.491 e. The molecule has 5 heteroatoms. The molecule has 1 aliphatic rings. The second-order valence-corrected chi connectivity index (χ2v) is 7.83. The Labute approximate surface area is 172 Å². The van der Waals surface area contributed by atoms with Gasteiger partial charge in [-0.2, -0.15) is 0 Å². The summed E-state index contributed by atoms with van der Waals surface area (Å²) < 4.78 is 8.37. The molecule has 152 valence electrons. The van der Waals surface area contributed by atoms with Crippen LogP contribution in [-0.4, -0.2) is 33.5 Å². The fourth-order valence-corrected chi connectivity index (χ4v) is 4.23. The molecule has 0 N–H and O–H groups in total. The number of imidazole rings is 1. The summed E-state index contributed by atoms with van der Waals surface area (Å²) in [6, 6.07) is 14.5. The van der Waals surface area contributed by atoms with Crippen molar-refractivity contribution in [2.45, 2.75) is 52.6 Å². The van der Waals surface area contributed by atoms with E-state index in [-0.39, 0.29) is 11.9 Å². The molecule has 0 aliphatic carbocycles. The summed E-state index contributed by atoms with van der Waals surface area (Å²) in [6.07, 6.45) is 2.53. The van der Waals surface area contributed by atoms with Crippen LogP contribution in [0.15, 0.2) is 42.5 Å². The Bertz CT molecular complexity index is 1020. The van der Waals surface area contributed by atoms with Gasteiger partial charge in [0.05, 0.1) is 23.6 Å². The van der Waals surface area contributed by atoms with Crippen LogP contribution in [0.4, 0.5) is 0 Å². The number of rotatable bonds is 6. The molecular weight excluding hydrogens is 362 g/mol. The van der Waals surface area contributed by atoms with Gasteiger partial charge in [-0.25, -0.2) is 4.98 Å². The van der Waals surface area contributed by atoms with Crippen molar-refractivity contribution in [1.82, 2.24) is 14.5 Å². The van der Waals surface area contributed by atoms with Gasteiger partial charge in [-0.15, -0.1) is 0 Å². The van der Waals surface area contributed by atoms with Gasteiger partial charge >= 0.3 is 0 Å². The van der Waals surface area contributed by atoms with E-state index in [4.69, 9.17) is 9.72 Å². The van der Waals surface area contributed by atoms with Crippen molar-refractivity contribution in [3.8, 4) is 5.75 Å². The molecule has 4 rings (SSSR count). The lowest BCUT2D eigenvalue weighted by Gasteiger charge is -2.25. The van der Waals surface area contributed by atoms with Crippen LogP contribution in [0.25, 0.3) is 11.0 Å². The van der Waals surface area contributed by atoms with Crippen LogP contribution in [0.5, 0.6) is 5.75 Å². The first-order chi connectivity index (χ1) is 14.1. The summed E-state index contributed by atoms with van der Waals surface area (Å²) in [6.45, 7) is 8.16. The molecule has 0 radical (unpaired) electrons. The van der Waals surface area contributed by atoms with Crippen molar-refractivity contribution in [2.75, 3.05) is 13.2 Å². The first-order valence-corrected chi connectivity index (χ1v) is 10.5. The molecule has 5 nitrogen and oxygen atoms in total. The number of aryl methyl sites for hydroxylation is 2. The summed E-state index contributed by atoms with van der Waals surface area (Å²) in [5, 5.41) is 0. The van der Waals surface area contributed by atoms with Crippen molar-refractivity contribution in [1.29, 1.82) is 0 Å². The molecule has 1 amide bonds. The summed E-state index contributed by atoms with van der Waals surface area (Å²) >= 11 is 0. The molecule has 0 spiro atoms. The van der Waals surface area contributed by atoms with Crippen LogP contribution in [0.3, 0.4) is 0 Å². The lowest BCUT2D eigenvalue weighted by Crippen LogP contribution is -2.31. The quantitative estimate of drug-likeness (QED) is 0.606. The highest BCUT2D eigenvalue weighted by molar-refractivity contribution is 5.78. The van der Waals surface area contributed by atoms with Gasteiger partial charge in [-0.3, -0.25) is 4.79 Å². The molecule has 0 bridgehead atoms. The van der Waals surface area contributed by atoms with Crippen molar-refractivity contribution >= 4 is 16.9 Å². The predicted octanol–water partition coefficient (Wildman–Crippen LogP) is 4.81. The Balaban J connectivity index is 1.62. The number of benzene rings is 2. The maximum atomic E-state index is 12.5. The third-order valence-electron chi connectivity index (χ3n) is 5.77. The van der Waals surface area contributed by atoms with Crippen LogP contribution in [0.1, 0.15) is 49.2 Å². The largest absolute Gasteiger partial charge is 0.491 e. The number of hydrogen-bond donors (Lipinski definition) is 0. The molecule has 0 saturated carbocycles. The highest BCUT2D eigenvalue weighted by Gasteiger charge is 2.32. The van der Waals surface area contributed by atoms with Crippen LogP contribution < -0.4 is 4.74 Å². The first-order valence-electron chi connectivity index (χ1n) is 10.5. The summed E-state index contributed by atoms with van der Waals surface area (Å²) in [5.74, 6) is 2.12. The minimum absolute atomic E-state index is 0.0514. The molecule has 0 unspecified atom stereocenters. The van der Waals surface area contributed by atoms with E-state index in [1.807, 2.05) is 30.0 Å². The van der Waals surface area contributed by atoms with Gasteiger partial charge < -0.3 is 14.2 Å². The normalized spacial score (nSPS) is 16.5. The van der Waals surface area contributed by atoms with E-state index >= 15 is 0 Å². The number of carbonyl (C=O) groups is 1. The number of likely N-dealkylation sites (tertiary alicyclic amines) is 1. The molecule has 1 fully saturated rings. The Morgan fingerprint density at radius 2 is 2.03 bits per heavy atom. The van der Waals surface area contributed by atoms with Gasteiger partial charge in [0.1, 0.15) is 18.2 Å². The molecule has 29 heavy (non-hydrogen) atoms. The third kappa shape index (κ3) is 3.86. The Morgan fingerprint density at radius 1 is 1.21 bits per heavy atom. The van der Waals surface area contributed by atoms with E-state index in [2.05, 4.69) is 42.7 Å². The summed E-state index contributed by atoms with van der Waals surface area (Å²) in [5.41, 5.74) is 4.41. The first kappa shape index (κ1) is 19.5. The number of nitrogens with zero attached hydrogens (tertiary/aromatic N) is 3. The van der Waals surface area contributed by atoms with Gasteiger partial charge in [-0.05, 0) is 56.0 Å². The average molecular weight is 392 g/mol. The number of amides is 1. The topological polar surface area (TPSA) is 47.4 Å². The zero-order valence-electron chi connectivity index (χ0n) is 17.5. The molecule has 2 heterocycles. The molecule has 3 aromatic rings. The Hall–Kier alpha value is -2.82. The van der Waals surface area contributed by atoms with E-state index in [9.17, 15) is 4.79 Å². The van der Waals surface area contributed by atoms with Crippen LogP contribution >= 0.6 is 0 Å². The zero-order valence-corrected chi connectivity index (χ0v) is 17.5. The number of para-hydroxylation sites is 2. The maximum absolute atomic E-state index is 12.5. The molecule has 1 saturated heterocycles. The maximum Gasteiger partial charge on any atom is 0.222 e. The zero-order chi connectivity index (χ0) is 20.4. The Kier molecular flexibility index (Phi) is 5.56. The Morgan fingerprint density at radius 3 is 2.86 bits per heavy atom. The molecule has 1 aliphatic heterocycles. The second kappa shape index (κ2) is 8.27. The lowest BCUT2D eigenvalue weighted by molar-refractivity contribution is -0.131. The minimum atomic E-state index is 0.0514. The SMILES string of the molecule is CCC(=O)N1CCC[C@@H]1c1nc2ccccc2n1CCOc1cc(C)ccc1C. The fraction of sp³-hybridized carbons (Fsp3) is 0.417. The van der Waals surface area contributed by atoms with Crippen molar-refractivity contribution in [3.05, 3.63) is 59.4 Å². The molecule has 1 atom stereocenters. The van der Waals surface area contributed by atoms with Crippen molar-refractivity contribution in [3.63, 3.8) is 0 Å². The van der Waals surface area contributed by atoms with Gasteiger partial charge in [-0.1, -0.05) is 31.2 Å². The van der Waals surface area contributed by atoms with E-state index in [1.165, 1.54) is 5.56 Å². The number of hydrogen-bond acceptors (Lipinski definition) is 3. The highest BCUT2D eigenvalue weighted by Crippen LogP contribution is 2.34. The number of ether oxygens (including phenoxy) is 1. The van der Waals surface area contributed by atoms with E-state index in [0.717, 1.165) is 47.6 Å². The standard InChI is InChI=1S/C24H29N3O2/c1-4-23(28)26-13-7-10-21(26)24-25-19-8-5-6-9-20(19)27(24)14-15-29-22-16-17(2)11-12-18(22)3/h5-6,8-9,11-12,16,21H,4,7,10,13-15H2,1-3H3/t21-/m1/s1. The van der Waals surface area contributed by atoms with E-state index in [0.29, 0.717) is 19.6 Å². The molecule has 1 aromatic heterocycles. The van der Waals surface area contributed by atoms with Crippen LogP contribution in [0.2, 0.25) is 0 Å². The van der Waals surface area contributed by atoms with E-state index in [1.54, 1.807) is 0 Å². The number of carbonyl (C=O) groups excluding carboxylic acids is 1. The van der Waals surface area contributed by atoms with Gasteiger partial charge in [0.15, 0.2) is 0 Å². The van der Waals surface area contributed by atoms with E-state index < -0.39 is 0 Å². The van der Waals surface area contributed by atoms with Gasteiger partial charge in [0, 0.05) is 13.0 Å². The summed E-state index contributed by atoms with van der Waals surface area (Å²) in [7, 11) is 0.